The molecule has 4 nitrogen and oxygen atoms in total. The van der Waals surface area contributed by atoms with Crippen LogP contribution in [0.15, 0.2) is 18.5 Å². The molecule has 0 spiro atoms. The fourth-order valence-corrected chi connectivity index (χ4v) is 1.32. The Kier molecular flexibility index (Phi) is 6.49. The van der Waals surface area contributed by atoms with Gasteiger partial charge in [-0.3, -0.25) is 0 Å². The van der Waals surface area contributed by atoms with E-state index in [4.69, 9.17) is 0 Å². The van der Waals surface area contributed by atoms with E-state index in [9.17, 15) is 0 Å². The number of rotatable bonds is 2. The zero-order valence-corrected chi connectivity index (χ0v) is 10.3. The first kappa shape index (κ1) is 12.9. The second-order valence-electron chi connectivity index (χ2n) is 3.79. The molecular formula is C12H22N4. The zero-order chi connectivity index (χ0) is 11.6. The van der Waals surface area contributed by atoms with Gasteiger partial charge < -0.3 is 10.2 Å². The van der Waals surface area contributed by atoms with Crippen LogP contribution in [0.2, 0.25) is 0 Å². The minimum Gasteiger partial charge on any atom is -0.338 e. The monoisotopic (exact) mass is 222 g/mol. The van der Waals surface area contributed by atoms with Gasteiger partial charge >= 0.3 is 0 Å². The molecule has 2 heterocycles. The maximum atomic E-state index is 4.19. The molecule has 0 aromatic carbocycles. The third kappa shape index (κ3) is 4.57. The molecule has 1 aromatic heterocycles. The van der Waals surface area contributed by atoms with Crippen LogP contribution in [-0.2, 0) is 0 Å². The van der Waals surface area contributed by atoms with Crippen molar-refractivity contribution in [3.63, 3.8) is 0 Å². The van der Waals surface area contributed by atoms with E-state index in [2.05, 4.69) is 34.0 Å². The average Bonchev–Trinajstić information content (AvgIpc) is 2.41. The molecule has 1 aliphatic rings. The Hall–Kier alpha value is -1.16. The first-order valence-electron chi connectivity index (χ1n) is 6.11. The van der Waals surface area contributed by atoms with Crippen molar-refractivity contribution >= 4 is 5.95 Å². The molecule has 0 saturated carbocycles. The molecule has 2 rings (SSSR count). The van der Waals surface area contributed by atoms with Gasteiger partial charge in [-0.15, -0.1) is 0 Å². The highest BCUT2D eigenvalue weighted by atomic mass is 15.3. The first-order valence-corrected chi connectivity index (χ1v) is 6.11. The molecule has 1 aliphatic heterocycles. The van der Waals surface area contributed by atoms with Crippen molar-refractivity contribution in [3.05, 3.63) is 18.5 Å². The van der Waals surface area contributed by atoms with Gasteiger partial charge in [-0.25, -0.2) is 9.97 Å². The minimum atomic E-state index is 0.846. The second-order valence-corrected chi connectivity index (χ2v) is 3.79. The van der Waals surface area contributed by atoms with Gasteiger partial charge in [-0.2, -0.15) is 0 Å². The molecule has 0 amide bonds. The summed E-state index contributed by atoms with van der Waals surface area (Å²) in [4.78, 5) is 10.6. The van der Waals surface area contributed by atoms with Gasteiger partial charge in [0.2, 0.25) is 5.95 Å². The van der Waals surface area contributed by atoms with Gasteiger partial charge in [0.25, 0.3) is 0 Å². The van der Waals surface area contributed by atoms with Crippen LogP contribution >= 0.6 is 0 Å². The first-order chi connectivity index (χ1) is 7.88. The van der Waals surface area contributed by atoms with Crippen molar-refractivity contribution in [1.29, 1.82) is 0 Å². The summed E-state index contributed by atoms with van der Waals surface area (Å²) >= 11 is 0. The Labute approximate surface area is 98.1 Å². The molecule has 0 aliphatic carbocycles. The van der Waals surface area contributed by atoms with Crippen LogP contribution in [0.4, 0.5) is 5.95 Å². The standard InChI is InChI=1S/C8H12N4.C4H10/c1-2-10-8(11-3-1)12-6-4-9-5-7-12;1-3-4-2/h1-3,9H,4-7H2;3-4H2,1-2H3. The number of hydrogen-bond acceptors (Lipinski definition) is 4. The van der Waals surface area contributed by atoms with Gasteiger partial charge in [0, 0.05) is 38.6 Å². The van der Waals surface area contributed by atoms with E-state index < -0.39 is 0 Å². The van der Waals surface area contributed by atoms with Crippen molar-refractivity contribution in [2.75, 3.05) is 31.1 Å². The molecule has 0 radical (unpaired) electrons. The van der Waals surface area contributed by atoms with E-state index in [1.807, 2.05) is 6.07 Å². The van der Waals surface area contributed by atoms with Crippen molar-refractivity contribution in [1.82, 2.24) is 15.3 Å². The van der Waals surface area contributed by atoms with Gasteiger partial charge in [-0.05, 0) is 6.07 Å². The summed E-state index contributed by atoms with van der Waals surface area (Å²) < 4.78 is 0. The highest BCUT2D eigenvalue weighted by molar-refractivity contribution is 5.28. The lowest BCUT2D eigenvalue weighted by Crippen LogP contribution is -2.44. The van der Waals surface area contributed by atoms with Crippen LogP contribution in [0.25, 0.3) is 0 Å². The molecule has 1 N–H and O–H groups in total. The normalized spacial score (nSPS) is 15.2. The number of anilines is 1. The molecule has 4 heteroatoms. The third-order valence-electron chi connectivity index (χ3n) is 2.45. The molecule has 0 unspecified atom stereocenters. The predicted octanol–water partition coefficient (Wildman–Crippen LogP) is 1.69. The summed E-state index contributed by atoms with van der Waals surface area (Å²) in [5.41, 5.74) is 0. The van der Waals surface area contributed by atoms with Gasteiger partial charge in [0.1, 0.15) is 0 Å². The lowest BCUT2D eigenvalue weighted by atomic mass is 10.4. The molecule has 1 aromatic rings. The number of nitrogens with zero attached hydrogens (tertiary/aromatic N) is 3. The maximum absolute atomic E-state index is 4.19. The lowest BCUT2D eigenvalue weighted by molar-refractivity contribution is 0.580. The number of hydrogen-bond donors (Lipinski definition) is 1. The van der Waals surface area contributed by atoms with E-state index in [0.717, 1.165) is 32.1 Å². The van der Waals surface area contributed by atoms with Crippen LogP contribution in [0.3, 0.4) is 0 Å². The summed E-state index contributed by atoms with van der Waals surface area (Å²) in [5, 5.41) is 3.29. The van der Waals surface area contributed by atoms with E-state index in [0.29, 0.717) is 0 Å². The number of piperazine rings is 1. The number of nitrogens with one attached hydrogen (secondary N) is 1. The Balaban J connectivity index is 0.000000280. The Morgan fingerprint density at radius 3 is 2.19 bits per heavy atom. The van der Waals surface area contributed by atoms with Gasteiger partial charge in [0.15, 0.2) is 0 Å². The molecule has 0 bridgehead atoms. The lowest BCUT2D eigenvalue weighted by Gasteiger charge is -2.26. The maximum Gasteiger partial charge on any atom is 0.225 e. The molecule has 0 atom stereocenters. The van der Waals surface area contributed by atoms with Crippen LogP contribution in [0, 0.1) is 0 Å². The summed E-state index contributed by atoms with van der Waals surface area (Å²) in [7, 11) is 0. The Bertz CT molecular complexity index is 255. The zero-order valence-electron chi connectivity index (χ0n) is 10.3. The quantitative estimate of drug-likeness (QED) is 0.827. The topological polar surface area (TPSA) is 41.1 Å². The van der Waals surface area contributed by atoms with Crippen LogP contribution in [0.1, 0.15) is 26.7 Å². The molecule has 1 fully saturated rings. The fraction of sp³-hybridized carbons (Fsp3) is 0.667. The third-order valence-corrected chi connectivity index (χ3v) is 2.45. The van der Waals surface area contributed by atoms with E-state index >= 15 is 0 Å². The average molecular weight is 222 g/mol. The summed E-state index contributed by atoms with van der Waals surface area (Å²) in [6.45, 7) is 8.42. The van der Waals surface area contributed by atoms with Crippen molar-refractivity contribution in [2.45, 2.75) is 26.7 Å². The Morgan fingerprint density at radius 2 is 1.69 bits per heavy atom. The predicted molar refractivity (Wildman–Crippen MR) is 67.7 cm³/mol. The number of aromatic nitrogens is 2. The van der Waals surface area contributed by atoms with Gasteiger partial charge in [0.05, 0.1) is 0 Å². The Morgan fingerprint density at radius 1 is 1.12 bits per heavy atom. The fourth-order valence-electron chi connectivity index (χ4n) is 1.32. The highest BCUT2D eigenvalue weighted by Crippen LogP contribution is 2.04. The molecule has 90 valence electrons. The van der Waals surface area contributed by atoms with Crippen LogP contribution in [-0.4, -0.2) is 36.1 Å². The largest absolute Gasteiger partial charge is 0.338 e. The van der Waals surface area contributed by atoms with Crippen LogP contribution < -0.4 is 10.2 Å². The van der Waals surface area contributed by atoms with Crippen molar-refractivity contribution in [2.24, 2.45) is 0 Å². The summed E-state index contributed by atoms with van der Waals surface area (Å²) in [6.07, 6.45) is 6.20. The summed E-state index contributed by atoms with van der Waals surface area (Å²) in [6, 6.07) is 1.84. The summed E-state index contributed by atoms with van der Waals surface area (Å²) in [5.74, 6) is 0.846. The molecule has 16 heavy (non-hydrogen) atoms. The van der Waals surface area contributed by atoms with Crippen molar-refractivity contribution in [3.8, 4) is 0 Å². The highest BCUT2D eigenvalue weighted by Gasteiger charge is 2.11. The smallest absolute Gasteiger partial charge is 0.225 e. The van der Waals surface area contributed by atoms with Crippen molar-refractivity contribution < 1.29 is 0 Å². The number of unbranched alkanes of at least 4 members (excludes halogenated alkanes) is 1. The van der Waals surface area contributed by atoms with Crippen LogP contribution in [0.5, 0.6) is 0 Å². The van der Waals surface area contributed by atoms with E-state index in [1.165, 1.54) is 12.8 Å². The van der Waals surface area contributed by atoms with E-state index in [-0.39, 0.29) is 0 Å². The van der Waals surface area contributed by atoms with E-state index in [1.54, 1.807) is 12.4 Å². The minimum absolute atomic E-state index is 0.846. The molecule has 1 saturated heterocycles. The SMILES string of the molecule is CCCC.c1cnc(N2CCNCC2)nc1. The van der Waals surface area contributed by atoms with Gasteiger partial charge in [-0.1, -0.05) is 26.7 Å². The second kappa shape index (κ2) is 8.05. The molecular weight excluding hydrogens is 200 g/mol.